The van der Waals surface area contributed by atoms with Gasteiger partial charge in [-0.2, -0.15) is 0 Å². The monoisotopic (exact) mass is 238 g/mol. The molecule has 5 heteroatoms. The van der Waals surface area contributed by atoms with Crippen LogP contribution >= 0.6 is 0 Å². The third kappa shape index (κ3) is 4.32. The van der Waals surface area contributed by atoms with Gasteiger partial charge in [0.25, 0.3) is 0 Å². The lowest BCUT2D eigenvalue weighted by molar-refractivity contribution is 0.0697. The summed E-state index contributed by atoms with van der Waals surface area (Å²) in [5.41, 5.74) is 6.71. The fraction of sp³-hybridized carbons (Fsp3) is 0.417. The molecule has 0 spiro atoms. The lowest BCUT2D eigenvalue weighted by Gasteiger charge is -2.11. The Morgan fingerprint density at radius 3 is 2.82 bits per heavy atom. The summed E-state index contributed by atoms with van der Waals surface area (Å²) in [6.07, 6.45) is 0.169. The van der Waals surface area contributed by atoms with Crippen LogP contribution in [0.4, 0.5) is 11.4 Å². The van der Waals surface area contributed by atoms with Crippen molar-refractivity contribution in [3.8, 4) is 0 Å². The Labute approximate surface area is 101 Å². The number of hydrogen-bond acceptors (Lipinski definition) is 4. The zero-order chi connectivity index (χ0) is 12.8. The van der Waals surface area contributed by atoms with E-state index in [1.54, 1.807) is 12.1 Å². The summed E-state index contributed by atoms with van der Waals surface area (Å²) in [4.78, 5) is 11.0. The molecule has 0 fully saturated rings. The molecule has 1 aromatic rings. The molecule has 1 rings (SSSR count). The zero-order valence-electron chi connectivity index (χ0n) is 10.1. The van der Waals surface area contributed by atoms with Crippen molar-refractivity contribution in [1.29, 1.82) is 0 Å². The first-order valence-electron chi connectivity index (χ1n) is 5.49. The predicted octanol–water partition coefficient (Wildman–Crippen LogP) is 1.80. The number of carboxylic acid groups (broad SMARTS) is 1. The highest BCUT2D eigenvalue weighted by atomic mass is 16.5. The lowest BCUT2D eigenvalue weighted by Crippen LogP contribution is -2.15. The van der Waals surface area contributed by atoms with Crippen LogP contribution in [-0.4, -0.2) is 30.3 Å². The number of hydrogen-bond donors (Lipinski definition) is 3. The average molecular weight is 238 g/mol. The summed E-state index contributed by atoms with van der Waals surface area (Å²) < 4.78 is 5.35. The summed E-state index contributed by atoms with van der Waals surface area (Å²) >= 11 is 0. The molecule has 0 aromatic heterocycles. The normalized spacial score (nSPS) is 10.5. The van der Waals surface area contributed by atoms with Crippen molar-refractivity contribution in [3.63, 3.8) is 0 Å². The molecule has 0 aliphatic carbocycles. The van der Waals surface area contributed by atoms with E-state index in [4.69, 9.17) is 15.6 Å². The molecule has 94 valence electrons. The number of anilines is 2. The first kappa shape index (κ1) is 13.3. The Hall–Kier alpha value is -1.75. The number of aromatic carboxylic acids is 1. The maximum Gasteiger partial charge on any atom is 0.337 e. The van der Waals surface area contributed by atoms with E-state index in [9.17, 15) is 4.79 Å². The highest BCUT2D eigenvalue weighted by Gasteiger charge is 2.09. The fourth-order valence-corrected chi connectivity index (χ4v) is 1.37. The van der Waals surface area contributed by atoms with E-state index in [0.717, 1.165) is 0 Å². The van der Waals surface area contributed by atoms with Crippen LogP contribution in [0.3, 0.4) is 0 Å². The van der Waals surface area contributed by atoms with Gasteiger partial charge in [-0.3, -0.25) is 0 Å². The van der Waals surface area contributed by atoms with E-state index in [2.05, 4.69) is 5.32 Å². The van der Waals surface area contributed by atoms with Crippen molar-refractivity contribution in [2.45, 2.75) is 20.0 Å². The summed E-state index contributed by atoms with van der Waals surface area (Å²) in [6, 6.07) is 4.76. The molecule has 0 aliphatic rings. The molecule has 0 atom stereocenters. The molecule has 0 saturated carbocycles. The molecule has 1 aromatic carbocycles. The van der Waals surface area contributed by atoms with E-state index in [0.29, 0.717) is 24.5 Å². The maximum absolute atomic E-state index is 11.0. The summed E-state index contributed by atoms with van der Waals surface area (Å²) in [7, 11) is 0. The van der Waals surface area contributed by atoms with Gasteiger partial charge in [-0.25, -0.2) is 4.79 Å². The molecule has 17 heavy (non-hydrogen) atoms. The van der Waals surface area contributed by atoms with Crippen LogP contribution in [0.2, 0.25) is 0 Å². The Morgan fingerprint density at radius 1 is 1.53 bits per heavy atom. The first-order chi connectivity index (χ1) is 8.00. The van der Waals surface area contributed by atoms with Gasteiger partial charge in [-0.1, -0.05) is 0 Å². The van der Waals surface area contributed by atoms with E-state index in [1.165, 1.54) is 6.07 Å². The Bertz CT molecular complexity index is 391. The van der Waals surface area contributed by atoms with Gasteiger partial charge in [-0.15, -0.1) is 0 Å². The molecule has 0 heterocycles. The van der Waals surface area contributed by atoms with Gasteiger partial charge in [0.1, 0.15) is 0 Å². The smallest absolute Gasteiger partial charge is 0.337 e. The van der Waals surface area contributed by atoms with Crippen molar-refractivity contribution in [2.24, 2.45) is 0 Å². The predicted molar refractivity (Wildman–Crippen MR) is 67.4 cm³/mol. The van der Waals surface area contributed by atoms with Crippen LogP contribution in [-0.2, 0) is 4.74 Å². The third-order valence-corrected chi connectivity index (χ3v) is 2.14. The maximum atomic E-state index is 11.0. The van der Waals surface area contributed by atoms with Crippen LogP contribution < -0.4 is 11.1 Å². The van der Waals surface area contributed by atoms with Gasteiger partial charge in [0.05, 0.1) is 18.3 Å². The van der Waals surface area contributed by atoms with Crippen LogP contribution in [0.5, 0.6) is 0 Å². The quantitative estimate of drug-likeness (QED) is 0.520. The van der Waals surface area contributed by atoms with Crippen LogP contribution in [0.1, 0.15) is 24.2 Å². The first-order valence-corrected chi connectivity index (χ1v) is 5.49. The van der Waals surface area contributed by atoms with Gasteiger partial charge in [0.15, 0.2) is 0 Å². The molecular weight excluding hydrogens is 220 g/mol. The second kappa shape index (κ2) is 6.10. The number of carboxylic acids is 1. The SMILES string of the molecule is CC(C)OCCNc1ccc(N)cc1C(=O)O. The molecular formula is C12H18N2O3. The van der Waals surface area contributed by atoms with Crippen molar-refractivity contribution in [2.75, 3.05) is 24.2 Å². The summed E-state index contributed by atoms with van der Waals surface area (Å²) in [6.45, 7) is 4.99. The van der Waals surface area contributed by atoms with Crippen LogP contribution in [0, 0.1) is 0 Å². The molecule has 0 amide bonds. The molecule has 0 bridgehead atoms. The van der Waals surface area contributed by atoms with Crippen LogP contribution in [0.15, 0.2) is 18.2 Å². The minimum absolute atomic E-state index is 0.169. The number of nitrogen functional groups attached to an aromatic ring is 1. The van der Waals surface area contributed by atoms with Crippen molar-refractivity contribution >= 4 is 17.3 Å². The highest BCUT2D eigenvalue weighted by Crippen LogP contribution is 2.18. The largest absolute Gasteiger partial charge is 0.478 e. The fourth-order valence-electron chi connectivity index (χ4n) is 1.37. The minimum Gasteiger partial charge on any atom is -0.478 e. The Morgan fingerprint density at radius 2 is 2.24 bits per heavy atom. The van der Waals surface area contributed by atoms with Gasteiger partial charge in [0.2, 0.25) is 0 Å². The topological polar surface area (TPSA) is 84.6 Å². The van der Waals surface area contributed by atoms with Gasteiger partial charge in [-0.05, 0) is 32.0 Å². The van der Waals surface area contributed by atoms with E-state index in [1.807, 2.05) is 13.8 Å². The van der Waals surface area contributed by atoms with E-state index in [-0.39, 0.29) is 11.7 Å². The molecule has 0 unspecified atom stereocenters. The molecule has 0 aliphatic heterocycles. The number of carbonyl (C=O) groups is 1. The molecule has 0 radical (unpaired) electrons. The number of ether oxygens (including phenoxy) is 1. The minimum atomic E-state index is -0.996. The number of nitrogens with two attached hydrogens (primary N) is 1. The number of benzene rings is 1. The number of rotatable bonds is 6. The molecule has 5 nitrogen and oxygen atoms in total. The van der Waals surface area contributed by atoms with Gasteiger partial charge < -0.3 is 20.9 Å². The lowest BCUT2D eigenvalue weighted by atomic mass is 10.1. The molecule has 4 N–H and O–H groups in total. The zero-order valence-corrected chi connectivity index (χ0v) is 10.1. The Kier molecular flexibility index (Phi) is 4.78. The van der Waals surface area contributed by atoms with E-state index < -0.39 is 5.97 Å². The average Bonchev–Trinajstić information content (AvgIpc) is 2.25. The van der Waals surface area contributed by atoms with Gasteiger partial charge >= 0.3 is 5.97 Å². The van der Waals surface area contributed by atoms with Crippen molar-refractivity contribution < 1.29 is 14.6 Å². The van der Waals surface area contributed by atoms with Crippen molar-refractivity contribution in [3.05, 3.63) is 23.8 Å². The second-order valence-corrected chi connectivity index (χ2v) is 3.96. The van der Waals surface area contributed by atoms with Crippen LogP contribution in [0.25, 0.3) is 0 Å². The summed E-state index contributed by atoms with van der Waals surface area (Å²) in [5.74, 6) is -0.996. The highest BCUT2D eigenvalue weighted by molar-refractivity contribution is 5.95. The second-order valence-electron chi connectivity index (χ2n) is 3.96. The molecule has 0 saturated heterocycles. The van der Waals surface area contributed by atoms with Crippen molar-refractivity contribution in [1.82, 2.24) is 0 Å². The number of nitrogens with one attached hydrogen (secondary N) is 1. The van der Waals surface area contributed by atoms with E-state index >= 15 is 0 Å². The third-order valence-electron chi connectivity index (χ3n) is 2.14. The standard InChI is InChI=1S/C12H18N2O3/c1-8(2)17-6-5-14-11-4-3-9(13)7-10(11)12(15)16/h3-4,7-8,14H,5-6,13H2,1-2H3,(H,15,16). The summed E-state index contributed by atoms with van der Waals surface area (Å²) in [5, 5.41) is 12.0. The Balaban J connectivity index is 2.61. The van der Waals surface area contributed by atoms with Gasteiger partial charge in [0, 0.05) is 17.9 Å².